The summed E-state index contributed by atoms with van der Waals surface area (Å²) in [6.45, 7) is 1.57. The number of methoxy groups -OCH3 is 1. The van der Waals surface area contributed by atoms with E-state index in [-0.39, 0.29) is 26.5 Å². The molecular weight excluding hydrogens is 386 g/mol. The maximum atomic E-state index is 12.1. The summed E-state index contributed by atoms with van der Waals surface area (Å²) in [5.74, 6) is -1.20. The van der Waals surface area contributed by atoms with Crippen LogP contribution in [0.5, 0.6) is 0 Å². The van der Waals surface area contributed by atoms with Gasteiger partial charge in [-0.3, -0.25) is 0 Å². The van der Waals surface area contributed by atoms with Gasteiger partial charge in [0.1, 0.15) is 9.77 Å². The van der Waals surface area contributed by atoms with Gasteiger partial charge >= 0.3 is 5.97 Å². The molecule has 0 spiro atoms. The van der Waals surface area contributed by atoms with E-state index in [0.717, 1.165) is 17.4 Å². The van der Waals surface area contributed by atoms with E-state index in [2.05, 4.69) is 20.7 Å². The van der Waals surface area contributed by atoms with E-state index >= 15 is 0 Å². The Morgan fingerprint density at radius 2 is 2.19 bits per heavy atom. The fourth-order valence-electron chi connectivity index (χ4n) is 1.38. The number of carboxylic acids is 1. The highest BCUT2D eigenvalue weighted by Gasteiger charge is 2.27. The molecule has 3 N–H and O–H groups in total. The van der Waals surface area contributed by atoms with Crippen LogP contribution in [0.25, 0.3) is 0 Å². The van der Waals surface area contributed by atoms with Crippen LogP contribution in [0.3, 0.4) is 0 Å². The number of carboxylic acid groups (broad SMARTS) is 1. The molecular formula is C11H16BrNO6S2. The second kappa shape index (κ2) is 7.16. The van der Waals surface area contributed by atoms with Gasteiger partial charge in [0, 0.05) is 26.7 Å². The third kappa shape index (κ3) is 5.31. The first-order valence-electron chi connectivity index (χ1n) is 5.83. The lowest BCUT2D eigenvalue weighted by Gasteiger charge is -2.23. The molecule has 1 atom stereocenters. The van der Waals surface area contributed by atoms with Gasteiger partial charge in [-0.15, -0.1) is 11.3 Å². The highest BCUT2D eigenvalue weighted by atomic mass is 79.9. The predicted octanol–water partition coefficient (Wildman–Crippen LogP) is 1.27. The first kappa shape index (κ1) is 18.5. The van der Waals surface area contributed by atoms with E-state index in [0.29, 0.717) is 6.61 Å². The van der Waals surface area contributed by atoms with Gasteiger partial charge < -0.3 is 14.9 Å². The summed E-state index contributed by atoms with van der Waals surface area (Å²) >= 11 is 3.85. The zero-order chi connectivity index (χ0) is 16.3. The molecule has 0 fully saturated rings. The lowest BCUT2D eigenvalue weighted by atomic mass is 10.0. The van der Waals surface area contributed by atoms with Crippen molar-refractivity contribution in [2.45, 2.75) is 23.8 Å². The van der Waals surface area contributed by atoms with Crippen LogP contribution in [-0.2, 0) is 14.8 Å². The Hall–Kier alpha value is -0.520. The highest BCUT2D eigenvalue weighted by Crippen LogP contribution is 2.31. The van der Waals surface area contributed by atoms with Crippen molar-refractivity contribution in [3.05, 3.63) is 14.7 Å². The molecule has 0 saturated carbocycles. The van der Waals surface area contributed by atoms with Crippen molar-refractivity contribution in [1.82, 2.24) is 4.72 Å². The number of carbonyl (C=O) groups is 1. The smallest absolute Gasteiger partial charge is 0.345 e. The number of aliphatic hydroxyl groups is 1. The molecule has 1 unspecified atom stereocenters. The van der Waals surface area contributed by atoms with E-state index in [1.165, 1.54) is 14.0 Å². The van der Waals surface area contributed by atoms with E-state index in [1.807, 2.05) is 0 Å². The second-order valence-electron chi connectivity index (χ2n) is 4.62. The maximum Gasteiger partial charge on any atom is 0.345 e. The molecule has 21 heavy (non-hydrogen) atoms. The minimum atomic E-state index is -3.91. The number of halogens is 1. The fourth-order valence-corrected chi connectivity index (χ4v) is 4.94. The Bertz CT molecular complexity index is 610. The van der Waals surface area contributed by atoms with Crippen LogP contribution in [0.4, 0.5) is 0 Å². The van der Waals surface area contributed by atoms with E-state index in [9.17, 15) is 18.3 Å². The molecule has 7 nitrogen and oxygen atoms in total. The maximum absolute atomic E-state index is 12.1. The van der Waals surface area contributed by atoms with Crippen LogP contribution in [0.1, 0.15) is 23.0 Å². The van der Waals surface area contributed by atoms with Crippen LogP contribution in [-0.4, -0.2) is 50.5 Å². The highest BCUT2D eigenvalue weighted by molar-refractivity contribution is 9.11. The van der Waals surface area contributed by atoms with Gasteiger partial charge in [0.15, 0.2) is 0 Å². The summed E-state index contributed by atoms with van der Waals surface area (Å²) in [7, 11) is -2.43. The van der Waals surface area contributed by atoms with E-state index < -0.39 is 21.6 Å². The van der Waals surface area contributed by atoms with Crippen LogP contribution in [0.15, 0.2) is 14.7 Å². The molecule has 0 amide bonds. The first-order valence-corrected chi connectivity index (χ1v) is 8.92. The number of thiophene rings is 1. The third-order valence-electron chi connectivity index (χ3n) is 2.64. The summed E-state index contributed by atoms with van der Waals surface area (Å²) in [5, 5.41) is 18.9. The minimum Gasteiger partial charge on any atom is -0.477 e. The topological polar surface area (TPSA) is 113 Å². The van der Waals surface area contributed by atoms with E-state index in [4.69, 9.17) is 9.84 Å². The summed E-state index contributed by atoms with van der Waals surface area (Å²) in [6, 6.07) is 1.07. The minimum absolute atomic E-state index is 0.0895. The Morgan fingerprint density at radius 3 is 2.67 bits per heavy atom. The monoisotopic (exact) mass is 401 g/mol. The molecule has 0 bridgehead atoms. The second-order valence-corrected chi connectivity index (χ2v) is 8.72. The Labute approximate surface area is 135 Å². The lowest BCUT2D eigenvalue weighted by Crippen LogP contribution is -2.41. The van der Waals surface area contributed by atoms with Crippen molar-refractivity contribution in [2.24, 2.45) is 0 Å². The number of aromatic carboxylic acids is 1. The molecule has 120 valence electrons. The fraction of sp³-hybridized carbons (Fsp3) is 0.545. The van der Waals surface area contributed by atoms with Crippen molar-refractivity contribution in [1.29, 1.82) is 0 Å². The molecule has 0 aliphatic carbocycles. The third-order valence-corrected chi connectivity index (χ3v) is 6.28. The van der Waals surface area contributed by atoms with Crippen LogP contribution < -0.4 is 4.72 Å². The molecule has 1 aromatic heterocycles. The van der Waals surface area contributed by atoms with Gasteiger partial charge in [0.25, 0.3) is 0 Å². The number of hydrogen-bond acceptors (Lipinski definition) is 6. The number of hydrogen-bond donors (Lipinski definition) is 3. The number of ether oxygens (including phenoxy) is 1. The van der Waals surface area contributed by atoms with Crippen molar-refractivity contribution in [2.75, 3.05) is 20.3 Å². The van der Waals surface area contributed by atoms with Gasteiger partial charge in [-0.1, -0.05) is 0 Å². The number of rotatable bonds is 8. The average molecular weight is 402 g/mol. The lowest BCUT2D eigenvalue weighted by molar-refractivity contribution is 0.0292. The van der Waals surface area contributed by atoms with E-state index in [1.54, 1.807) is 0 Å². The quantitative estimate of drug-likeness (QED) is 0.604. The van der Waals surface area contributed by atoms with Gasteiger partial charge in [0.2, 0.25) is 10.0 Å². The average Bonchev–Trinajstić information content (AvgIpc) is 2.78. The standard InChI is InChI=1S/C11H16BrNO6S2/c1-11(16,3-4-19-2)6-13-21(17,18)8-5-7(10(14)15)20-9(8)12/h5,13,16H,3-4,6H2,1-2H3,(H,14,15). The van der Waals surface area contributed by atoms with Crippen LogP contribution in [0, 0.1) is 0 Å². The molecule has 10 heteroatoms. The largest absolute Gasteiger partial charge is 0.477 e. The van der Waals surface area contributed by atoms with Crippen molar-refractivity contribution >= 4 is 43.3 Å². The van der Waals surface area contributed by atoms with Gasteiger partial charge in [-0.25, -0.2) is 17.9 Å². The van der Waals surface area contributed by atoms with Gasteiger partial charge in [0.05, 0.1) is 9.39 Å². The van der Waals surface area contributed by atoms with Crippen LogP contribution >= 0.6 is 27.3 Å². The summed E-state index contributed by atoms with van der Waals surface area (Å²) < 4.78 is 31.6. The zero-order valence-corrected chi connectivity index (χ0v) is 14.6. The Balaban J connectivity index is 2.85. The SMILES string of the molecule is COCCC(C)(O)CNS(=O)(=O)c1cc(C(=O)O)sc1Br. The molecule has 1 aromatic rings. The number of nitrogens with one attached hydrogen (secondary N) is 1. The first-order chi connectivity index (χ1) is 9.59. The summed E-state index contributed by atoms with van der Waals surface area (Å²) in [4.78, 5) is 10.6. The molecule has 0 radical (unpaired) electrons. The van der Waals surface area contributed by atoms with Crippen molar-refractivity contribution in [3.8, 4) is 0 Å². The Morgan fingerprint density at radius 1 is 1.57 bits per heavy atom. The van der Waals surface area contributed by atoms with Gasteiger partial charge in [-0.2, -0.15) is 0 Å². The summed E-state index contributed by atoms with van der Waals surface area (Å²) in [6.07, 6.45) is 0.261. The summed E-state index contributed by atoms with van der Waals surface area (Å²) in [5.41, 5.74) is -1.26. The number of sulfonamides is 1. The molecule has 1 rings (SSSR count). The van der Waals surface area contributed by atoms with Crippen molar-refractivity contribution < 1.29 is 28.2 Å². The van der Waals surface area contributed by atoms with Crippen molar-refractivity contribution in [3.63, 3.8) is 0 Å². The molecule has 0 aromatic carbocycles. The normalized spacial score (nSPS) is 14.9. The zero-order valence-electron chi connectivity index (χ0n) is 11.4. The molecule has 0 aliphatic heterocycles. The van der Waals surface area contributed by atoms with Crippen LogP contribution in [0.2, 0.25) is 0 Å². The molecule has 0 saturated heterocycles. The Kier molecular flexibility index (Phi) is 6.32. The van der Waals surface area contributed by atoms with Gasteiger partial charge in [-0.05, 0) is 28.9 Å². The molecule has 1 heterocycles. The predicted molar refractivity (Wildman–Crippen MR) is 81.3 cm³/mol. The molecule has 0 aliphatic rings.